The van der Waals surface area contributed by atoms with Gasteiger partial charge in [-0.2, -0.15) is 5.10 Å². The highest BCUT2D eigenvalue weighted by Crippen LogP contribution is 2.07. The molecule has 0 spiro atoms. The van der Waals surface area contributed by atoms with Gasteiger partial charge >= 0.3 is 5.97 Å². The van der Waals surface area contributed by atoms with Crippen LogP contribution in [0.15, 0.2) is 10.9 Å². The maximum absolute atomic E-state index is 10.5. The van der Waals surface area contributed by atoms with Crippen LogP contribution < -0.4 is 5.56 Å². The fourth-order valence-corrected chi connectivity index (χ4v) is 0.752. The fraction of sp³-hybridized carbons (Fsp3) is 0.286. The summed E-state index contributed by atoms with van der Waals surface area (Å²) < 4.78 is 0. The van der Waals surface area contributed by atoms with E-state index in [0.717, 1.165) is 6.07 Å². The smallest absolute Gasteiger partial charge is 0.357 e. The monoisotopic (exact) mass is 204 g/mol. The van der Waals surface area contributed by atoms with Crippen molar-refractivity contribution in [1.29, 1.82) is 0 Å². The van der Waals surface area contributed by atoms with Gasteiger partial charge in [-0.05, 0) is 0 Å². The quantitative estimate of drug-likeness (QED) is 0.719. The number of aromatic nitrogens is 2. The van der Waals surface area contributed by atoms with Crippen LogP contribution in [0.3, 0.4) is 0 Å². The summed E-state index contributed by atoms with van der Waals surface area (Å²) in [6, 6.07) is 0.956. The lowest BCUT2D eigenvalue weighted by Crippen LogP contribution is -2.12. The predicted octanol–water partition coefficient (Wildman–Crippen LogP) is 1.15. The Hall–Kier alpha value is -1.36. The minimum atomic E-state index is -1.27. The highest BCUT2D eigenvalue weighted by atomic mass is 35.5. The maximum atomic E-state index is 10.5. The lowest BCUT2D eigenvalue weighted by Gasteiger charge is -1.92. The average Bonchev–Trinajstić information content (AvgIpc) is 2.07. The number of aromatic amines is 1. The molecule has 1 aromatic rings. The van der Waals surface area contributed by atoms with Crippen molar-refractivity contribution in [2.45, 2.75) is 13.8 Å². The van der Waals surface area contributed by atoms with Gasteiger partial charge in [-0.15, -0.1) is 0 Å². The summed E-state index contributed by atoms with van der Waals surface area (Å²) in [5.41, 5.74) is -0.883. The standard InChI is InChI=1S/C5H3ClN2O3.C2H6/c6-2-1-3(9)7-8-4(2)5(10)11;1-2/h1H,(H,7,9)(H,10,11);1-2H3. The lowest BCUT2D eigenvalue weighted by atomic mass is 10.4. The highest BCUT2D eigenvalue weighted by Gasteiger charge is 2.09. The van der Waals surface area contributed by atoms with E-state index in [-0.39, 0.29) is 10.7 Å². The fourth-order valence-electron chi connectivity index (χ4n) is 0.530. The van der Waals surface area contributed by atoms with Crippen LogP contribution in [0.25, 0.3) is 0 Å². The number of H-pyrrole nitrogens is 1. The van der Waals surface area contributed by atoms with E-state index in [1.807, 2.05) is 18.9 Å². The van der Waals surface area contributed by atoms with E-state index in [2.05, 4.69) is 5.10 Å². The minimum absolute atomic E-state index is 0.166. The molecule has 0 aliphatic heterocycles. The molecule has 0 saturated heterocycles. The van der Waals surface area contributed by atoms with Gasteiger partial charge in [-0.3, -0.25) is 4.79 Å². The Bertz CT molecular complexity index is 348. The average molecular weight is 205 g/mol. The van der Waals surface area contributed by atoms with Gasteiger partial charge in [-0.1, -0.05) is 25.4 Å². The molecular formula is C7H9ClN2O3. The second kappa shape index (κ2) is 5.31. The van der Waals surface area contributed by atoms with Crippen molar-refractivity contribution in [2.24, 2.45) is 0 Å². The number of nitrogens with zero attached hydrogens (tertiary/aromatic N) is 1. The number of carboxylic acids is 1. The van der Waals surface area contributed by atoms with Crippen molar-refractivity contribution >= 4 is 17.6 Å². The zero-order chi connectivity index (χ0) is 10.4. The van der Waals surface area contributed by atoms with Crippen molar-refractivity contribution in [1.82, 2.24) is 10.2 Å². The van der Waals surface area contributed by atoms with Gasteiger partial charge in [0.15, 0.2) is 5.69 Å². The van der Waals surface area contributed by atoms with Gasteiger partial charge in [0.1, 0.15) is 0 Å². The molecule has 13 heavy (non-hydrogen) atoms. The molecule has 0 saturated carbocycles. The van der Waals surface area contributed by atoms with Gasteiger partial charge in [0.2, 0.25) is 0 Å². The topological polar surface area (TPSA) is 83.0 Å². The van der Waals surface area contributed by atoms with Crippen molar-refractivity contribution in [3.63, 3.8) is 0 Å². The Labute approximate surface area is 79.4 Å². The van der Waals surface area contributed by atoms with Crippen molar-refractivity contribution < 1.29 is 9.90 Å². The SMILES string of the molecule is CC.O=C(O)c1n[nH]c(=O)cc1Cl. The number of rotatable bonds is 1. The van der Waals surface area contributed by atoms with Gasteiger partial charge in [0, 0.05) is 6.07 Å². The Morgan fingerprint density at radius 1 is 1.62 bits per heavy atom. The number of hydrogen-bond acceptors (Lipinski definition) is 3. The first-order chi connectivity index (χ1) is 6.11. The number of halogens is 1. The van der Waals surface area contributed by atoms with Gasteiger partial charge < -0.3 is 5.11 Å². The van der Waals surface area contributed by atoms with Crippen molar-refractivity contribution in [2.75, 3.05) is 0 Å². The molecule has 1 rings (SSSR count). The second-order valence-electron chi connectivity index (χ2n) is 1.73. The third-order valence-electron chi connectivity index (χ3n) is 0.965. The van der Waals surface area contributed by atoms with Crippen LogP contribution in [-0.4, -0.2) is 21.3 Å². The van der Waals surface area contributed by atoms with E-state index in [9.17, 15) is 9.59 Å². The second-order valence-corrected chi connectivity index (χ2v) is 2.14. The summed E-state index contributed by atoms with van der Waals surface area (Å²) in [5, 5.41) is 13.4. The van der Waals surface area contributed by atoms with Crippen LogP contribution in [0.4, 0.5) is 0 Å². The van der Waals surface area contributed by atoms with Crippen LogP contribution in [0.2, 0.25) is 5.02 Å². The summed E-state index contributed by atoms with van der Waals surface area (Å²) in [7, 11) is 0. The highest BCUT2D eigenvalue weighted by molar-refractivity contribution is 6.33. The van der Waals surface area contributed by atoms with E-state index >= 15 is 0 Å². The molecule has 2 N–H and O–H groups in total. The molecule has 72 valence electrons. The number of carboxylic acid groups (broad SMARTS) is 1. The molecule has 0 unspecified atom stereocenters. The summed E-state index contributed by atoms with van der Waals surface area (Å²) >= 11 is 5.36. The Morgan fingerprint density at radius 3 is 2.54 bits per heavy atom. The van der Waals surface area contributed by atoms with Crippen LogP contribution in [0.5, 0.6) is 0 Å². The molecule has 1 aromatic heterocycles. The maximum Gasteiger partial charge on any atom is 0.357 e. The Morgan fingerprint density at radius 2 is 2.15 bits per heavy atom. The predicted molar refractivity (Wildman–Crippen MR) is 48.2 cm³/mol. The van der Waals surface area contributed by atoms with Crippen LogP contribution >= 0.6 is 11.6 Å². The molecule has 0 aliphatic rings. The van der Waals surface area contributed by atoms with Gasteiger partial charge in [0.25, 0.3) is 5.56 Å². The number of carbonyl (C=O) groups is 1. The first-order valence-electron chi connectivity index (χ1n) is 3.60. The minimum Gasteiger partial charge on any atom is -0.476 e. The van der Waals surface area contributed by atoms with Crippen LogP contribution in [0.1, 0.15) is 24.3 Å². The van der Waals surface area contributed by atoms with Gasteiger partial charge in [-0.25, -0.2) is 9.89 Å². The largest absolute Gasteiger partial charge is 0.476 e. The van der Waals surface area contributed by atoms with Crippen LogP contribution in [-0.2, 0) is 0 Å². The zero-order valence-corrected chi connectivity index (χ0v) is 7.92. The molecule has 0 aromatic carbocycles. The number of aromatic carboxylic acids is 1. The summed E-state index contributed by atoms with van der Waals surface area (Å²) in [6.45, 7) is 4.00. The Kier molecular flexibility index (Phi) is 4.76. The molecule has 0 fully saturated rings. The van der Waals surface area contributed by atoms with Crippen molar-refractivity contribution in [3.05, 3.63) is 27.1 Å². The van der Waals surface area contributed by atoms with Crippen LogP contribution in [0, 0.1) is 0 Å². The third kappa shape index (κ3) is 3.25. The van der Waals surface area contributed by atoms with E-state index < -0.39 is 11.5 Å². The lowest BCUT2D eigenvalue weighted by molar-refractivity contribution is 0.0689. The number of hydrogen-bond donors (Lipinski definition) is 2. The summed E-state index contributed by atoms with van der Waals surface area (Å²) in [4.78, 5) is 20.7. The molecule has 5 nitrogen and oxygen atoms in total. The molecule has 0 bridgehead atoms. The molecule has 0 amide bonds. The first kappa shape index (κ1) is 11.6. The first-order valence-corrected chi connectivity index (χ1v) is 3.97. The molecule has 0 radical (unpaired) electrons. The molecule has 6 heteroatoms. The molecule has 1 heterocycles. The summed E-state index contributed by atoms with van der Waals surface area (Å²) in [5.74, 6) is -1.27. The van der Waals surface area contributed by atoms with Gasteiger partial charge in [0.05, 0.1) is 5.02 Å². The molecular weight excluding hydrogens is 196 g/mol. The third-order valence-corrected chi connectivity index (χ3v) is 1.25. The summed E-state index contributed by atoms with van der Waals surface area (Å²) in [6.07, 6.45) is 0. The number of nitrogens with one attached hydrogen (secondary N) is 1. The Balaban J connectivity index is 0.000000671. The molecule has 0 aliphatic carbocycles. The molecule has 0 atom stereocenters. The van der Waals surface area contributed by atoms with E-state index in [1.54, 1.807) is 0 Å². The van der Waals surface area contributed by atoms with E-state index in [1.165, 1.54) is 0 Å². The van der Waals surface area contributed by atoms with Crippen molar-refractivity contribution in [3.8, 4) is 0 Å². The normalized spacial score (nSPS) is 8.54. The van der Waals surface area contributed by atoms with E-state index in [0.29, 0.717) is 0 Å². The van der Waals surface area contributed by atoms with E-state index in [4.69, 9.17) is 16.7 Å². The zero-order valence-electron chi connectivity index (χ0n) is 7.17.